The second-order valence-electron chi connectivity index (χ2n) is 5.43. The van der Waals surface area contributed by atoms with Crippen molar-refractivity contribution in [1.29, 1.82) is 0 Å². The maximum absolute atomic E-state index is 10.7. The first-order valence-electron chi connectivity index (χ1n) is 7.34. The van der Waals surface area contributed by atoms with Crippen LogP contribution < -0.4 is 0 Å². The molecular weight excluding hydrogens is 224 g/mol. The van der Waals surface area contributed by atoms with Crippen LogP contribution in [-0.4, -0.2) is 22.4 Å². The van der Waals surface area contributed by atoms with Gasteiger partial charge in [0, 0.05) is 6.61 Å². The van der Waals surface area contributed by atoms with Gasteiger partial charge >= 0.3 is 0 Å². The average molecular weight is 252 g/mol. The number of unbranched alkanes of at least 4 members (excludes halogenated alkanes) is 2. The van der Waals surface area contributed by atoms with Crippen molar-refractivity contribution in [2.24, 2.45) is 0 Å². The molecule has 0 bridgehead atoms. The van der Waals surface area contributed by atoms with Gasteiger partial charge in [0.25, 0.3) is 0 Å². The molecule has 1 rings (SSSR count). The summed E-state index contributed by atoms with van der Waals surface area (Å²) in [5.74, 6) is 0. The molecule has 2 nitrogen and oxygen atoms in total. The van der Waals surface area contributed by atoms with Crippen molar-refractivity contribution in [2.75, 3.05) is 6.61 Å². The molecule has 18 heavy (non-hydrogen) atoms. The smallest absolute Gasteiger partial charge is 0.105 e. The number of hydrogen-bond donors (Lipinski definition) is 2. The molecule has 0 radical (unpaired) electrons. The van der Waals surface area contributed by atoms with E-state index < -0.39 is 5.60 Å². The summed E-state index contributed by atoms with van der Waals surface area (Å²) in [7, 11) is 0. The van der Waals surface area contributed by atoms with E-state index in [1.165, 1.54) is 24.0 Å². The van der Waals surface area contributed by atoms with Gasteiger partial charge in [-0.25, -0.2) is 0 Å². The molecule has 2 heteroatoms. The van der Waals surface area contributed by atoms with Crippen molar-refractivity contribution in [3.8, 4) is 0 Å². The Morgan fingerprint density at radius 3 is 2.22 bits per heavy atom. The minimum absolute atomic E-state index is 0.115. The highest BCUT2D eigenvalue weighted by Gasteiger charge is 2.35. The van der Waals surface area contributed by atoms with Crippen LogP contribution in [-0.2, 0) is 0 Å². The van der Waals surface area contributed by atoms with Crippen LogP contribution in [0.25, 0.3) is 0 Å². The minimum Gasteiger partial charge on any atom is -0.396 e. The van der Waals surface area contributed by atoms with Gasteiger partial charge in [-0.1, -0.05) is 32.8 Å². The molecule has 0 saturated carbocycles. The fraction of sp³-hybridized carbons (Fsp3) is 0.750. The van der Waals surface area contributed by atoms with Crippen molar-refractivity contribution < 1.29 is 10.2 Å². The summed E-state index contributed by atoms with van der Waals surface area (Å²) in [5, 5.41) is 19.8. The Hall–Kier alpha value is -0.600. The van der Waals surface area contributed by atoms with Crippen LogP contribution in [0.4, 0.5) is 0 Å². The van der Waals surface area contributed by atoms with E-state index in [0.717, 1.165) is 31.3 Å². The van der Waals surface area contributed by atoms with E-state index in [1.807, 2.05) is 6.92 Å². The molecule has 0 amide bonds. The maximum Gasteiger partial charge on any atom is 0.105 e. The van der Waals surface area contributed by atoms with E-state index >= 15 is 0 Å². The summed E-state index contributed by atoms with van der Waals surface area (Å²) in [6.45, 7) is 6.37. The minimum atomic E-state index is -0.818. The highest BCUT2D eigenvalue weighted by Crippen LogP contribution is 2.41. The molecule has 0 aromatic heterocycles. The standard InChI is InChI=1S/C16H28O2/c1-4-6-8-13-12-14(10-11-17)16(3,18)15(13)9-7-5-2/h12,17-18H,4-11H2,1-3H3. The second-order valence-corrected chi connectivity index (χ2v) is 5.43. The van der Waals surface area contributed by atoms with Crippen LogP contribution in [0.3, 0.4) is 0 Å². The Balaban J connectivity index is 2.89. The monoisotopic (exact) mass is 252 g/mol. The van der Waals surface area contributed by atoms with Crippen molar-refractivity contribution in [3.63, 3.8) is 0 Å². The number of rotatable bonds is 8. The zero-order chi connectivity index (χ0) is 13.6. The van der Waals surface area contributed by atoms with Crippen LogP contribution in [0.15, 0.2) is 22.8 Å². The lowest BCUT2D eigenvalue weighted by atomic mass is 9.86. The largest absolute Gasteiger partial charge is 0.396 e. The summed E-state index contributed by atoms with van der Waals surface area (Å²) < 4.78 is 0. The first-order chi connectivity index (χ1) is 8.57. The van der Waals surface area contributed by atoms with E-state index in [-0.39, 0.29) is 6.61 Å². The number of aliphatic hydroxyl groups excluding tert-OH is 1. The van der Waals surface area contributed by atoms with Gasteiger partial charge in [-0.05, 0) is 55.7 Å². The van der Waals surface area contributed by atoms with Crippen molar-refractivity contribution in [3.05, 3.63) is 22.8 Å². The first kappa shape index (κ1) is 15.5. The third kappa shape index (κ3) is 3.46. The molecule has 104 valence electrons. The molecule has 1 aliphatic carbocycles. The van der Waals surface area contributed by atoms with E-state index in [1.54, 1.807) is 0 Å². The SMILES string of the molecule is CCCCC1=C(CCCC)C(C)(O)C(CCO)=C1. The van der Waals surface area contributed by atoms with E-state index in [9.17, 15) is 5.11 Å². The second kappa shape index (κ2) is 7.10. The maximum atomic E-state index is 10.7. The summed E-state index contributed by atoms with van der Waals surface area (Å²) in [5.41, 5.74) is 2.68. The number of aliphatic hydroxyl groups is 2. The van der Waals surface area contributed by atoms with E-state index in [0.29, 0.717) is 6.42 Å². The predicted molar refractivity (Wildman–Crippen MR) is 76.5 cm³/mol. The van der Waals surface area contributed by atoms with Gasteiger partial charge in [-0.3, -0.25) is 0 Å². The summed E-state index contributed by atoms with van der Waals surface area (Å²) >= 11 is 0. The molecular formula is C16H28O2. The lowest BCUT2D eigenvalue weighted by Crippen LogP contribution is -2.28. The quantitative estimate of drug-likeness (QED) is 0.691. The van der Waals surface area contributed by atoms with Gasteiger partial charge in [0.15, 0.2) is 0 Å². The van der Waals surface area contributed by atoms with Crippen LogP contribution in [0.2, 0.25) is 0 Å². The molecule has 1 atom stereocenters. The van der Waals surface area contributed by atoms with Crippen molar-refractivity contribution in [2.45, 2.75) is 71.3 Å². The number of allylic oxidation sites excluding steroid dienone is 2. The highest BCUT2D eigenvalue weighted by molar-refractivity contribution is 5.48. The van der Waals surface area contributed by atoms with Crippen LogP contribution >= 0.6 is 0 Å². The summed E-state index contributed by atoms with van der Waals surface area (Å²) in [6.07, 6.45) is 9.38. The fourth-order valence-electron chi connectivity index (χ4n) is 2.73. The normalized spacial score (nSPS) is 23.7. The molecule has 0 fully saturated rings. The van der Waals surface area contributed by atoms with Crippen LogP contribution in [0, 0.1) is 0 Å². The first-order valence-corrected chi connectivity index (χ1v) is 7.34. The van der Waals surface area contributed by atoms with Gasteiger partial charge in [-0.15, -0.1) is 0 Å². The van der Waals surface area contributed by atoms with Gasteiger partial charge in [0.05, 0.1) is 0 Å². The summed E-state index contributed by atoms with van der Waals surface area (Å²) in [6, 6.07) is 0. The molecule has 0 aromatic carbocycles. The lowest BCUT2D eigenvalue weighted by molar-refractivity contribution is 0.127. The third-order valence-electron chi connectivity index (χ3n) is 3.91. The summed E-state index contributed by atoms with van der Waals surface area (Å²) in [4.78, 5) is 0. The molecule has 2 N–H and O–H groups in total. The molecule has 1 aliphatic rings. The lowest BCUT2D eigenvalue weighted by Gasteiger charge is -2.26. The molecule has 0 aliphatic heterocycles. The Labute approximate surface area is 111 Å². The Morgan fingerprint density at radius 1 is 1.06 bits per heavy atom. The van der Waals surface area contributed by atoms with Crippen LogP contribution in [0.5, 0.6) is 0 Å². The van der Waals surface area contributed by atoms with Crippen LogP contribution in [0.1, 0.15) is 65.7 Å². The molecule has 0 spiro atoms. The zero-order valence-electron chi connectivity index (χ0n) is 12.1. The van der Waals surface area contributed by atoms with Gasteiger partial charge in [0.2, 0.25) is 0 Å². The Bertz CT molecular complexity index is 324. The Kier molecular flexibility index (Phi) is 6.10. The third-order valence-corrected chi connectivity index (χ3v) is 3.91. The van der Waals surface area contributed by atoms with E-state index in [2.05, 4.69) is 19.9 Å². The average Bonchev–Trinajstić information content (AvgIpc) is 2.56. The van der Waals surface area contributed by atoms with Crippen molar-refractivity contribution >= 4 is 0 Å². The van der Waals surface area contributed by atoms with Crippen molar-refractivity contribution in [1.82, 2.24) is 0 Å². The highest BCUT2D eigenvalue weighted by atomic mass is 16.3. The zero-order valence-corrected chi connectivity index (χ0v) is 12.1. The molecule has 1 unspecified atom stereocenters. The fourth-order valence-corrected chi connectivity index (χ4v) is 2.73. The topological polar surface area (TPSA) is 40.5 Å². The molecule has 0 saturated heterocycles. The molecule has 0 aromatic rings. The Morgan fingerprint density at radius 2 is 1.67 bits per heavy atom. The van der Waals surface area contributed by atoms with Gasteiger partial charge < -0.3 is 10.2 Å². The van der Waals surface area contributed by atoms with Gasteiger partial charge in [-0.2, -0.15) is 0 Å². The predicted octanol–water partition coefficient (Wildman–Crippen LogP) is 3.74. The van der Waals surface area contributed by atoms with E-state index in [4.69, 9.17) is 5.11 Å². The molecule has 0 heterocycles. The number of hydrogen-bond acceptors (Lipinski definition) is 2. The van der Waals surface area contributed by atoms with Gasteiger partial charge in [0.1, 0.15) is 5.60 Å².